The summed E-state index contributed by atoms with van der Waals surface area (Å²) in [7, 11) is 0. The lowest BCUT2D eigenvalue weighted by Gasteiger charge is -2.21. The molecule has 0 fully saturated rings. The predicted molar refractivity (Wildman–Crippen MR) is 69.3 cm³/mol. The summed E-state index contributed by atoms with van der Waals surface area (Å²) in [6.07, 6.45) is 6.21. The number of aromatic hydroxyl groups is 1. The Kier molecular flexibility index (Phi) is 3.57. The van der Waals surface area contributed by atoms with Crippen molar-refractivity contribution in [3.05, 3.63) is 35.6 Å². The summed E-state index contributed by atoms with van der Waals surface area (Å²) in [4.78, 5) is 0. The van der Waals surface area contributed by atoms with Gasteiger partial charge in [0.25, 0.3) is 0 Å². The van der Waals surface area contributed by atoms with Gasteiger partial charge in [-0.15, -0.1) is 0 Å². The van der Waals surface area contributed by atoms with Crippen molar-refractivity contribution in [2.45, 2.75) is 32.8 Å². The predicted octanol–water partition coefficient (Wildman–Crippen LogP) is 3.11. The lowest BCUT2D eigenvalue weighted by molar-refractivity contribution is 0.135. The first-order valence-corrected chi connectivity index (χ1v) is 6.01. The molecule has 0 aromatic heterocycles. The van der Waals surface area contributed by atoms with Gasteiger partial charge in [0, 0.05) is 5.69 Å². The third-order valence-corrected chi connectivity index (χ3v) is 3.09. The summed E-state index contributed by atoms with van der Waals surface area (Å²) in [5, 5.41) is 13.0. The van der Waals surface area contributed by atoms with Crippen molar-refractivity contribution in [2.24, 2.45) is 0 Å². The topological polar surface area (TPSA) is 41.5 Å². The minimum absolute atomic E-state index is 0.244. The van der Waals surface area contributed by atoms with E-state index in [-0.39, 0.29) is 6.10 Å². The molecule has 3 heteroatoms. The van der Waals surface area contributed by atoms with Gasteiger partial charge in [-0.05, 0) is 56.0 Å². The number of hydrogen-bond donors (Lipinski definition) is 2. The number of allylic oxidation sites excluding steroid dienone is 1. The van der Waals surface area contributed by atoms with Gasteiger partial charge in [0.15, 0.2) is 0 Å². The van der Waals surface area contributed by atoms with Crippen LogP contribution < -0.4 is 5.32 Å². The van der Waals surface area contributed by atoms with E-state index < -0.39 is 0 Å². The molecule has 1 unspecified atom stereocenters. The third-order valence-electron chi connectivity index (χ3n) is 3.09. The van der Waals surface area contributed by atoms with Crippen LogP contribution in [0.5, 0.6) is 5.75 Å². The standard InChI is InChI=1S/C14H19NO2/c1-10-8-14(16)11(2)7-13(10)15-9-12-5-3-4-6-17-12/h4,6-8,12,15-16H,3,5,9H2,1-2H3. The van der Waals surface area contributed by atoms with Crippen LogP contribution in [0.2, 0.25) is 0 Å². The quantitative estimate of drug-likeness (QED) is 0.788. The molecule has 1 aliphatic rings. The fourth-order valence-electron chi connectivity index (χ4n) is 1.95. The van der Waals surface area contributed by atoms with Gasteiger partial charge in [0.05, 0.1) is 12.8 Å². The molecular weight excluding hydrogens is 214 g/mol. The van der Waals surface area contributed by atoms with Crippen molar-refractivity contribution in [3.63, 3.8) is 0 Å². The van der Waals surface area contributed by atoms with Gasteiger partial charge in [-0.1, -0.05) is 0 Å². The monoisotopic (exact) mass is 233 g/mol. The Bertz CT molecular complexity index is 426. The lowest BCUT2D eigenvalue weighted by Crippen LogP contribution is -2.23. The van der Waals surface area contributed by atoms with E-state index in [1.54, 1.807) is 12.3 Å². The van der Waals surface area contributed by atoms with Crippen LogP contribution in [0.25, 0.3) is 0 Å². The van der Waals surface area contributed by atoms with Crippen molar-refractivity contribution >= 4 is 5.69 Å². The van der Waals surface area contributed by atoms with Gasteiger partial charge in [0.1, 0.15) is 11.9 Å². The number of anilines is 1. The number of phenolic OH excluding ortho intramolecular Hbond substituents is 1. The molecule has 0 amide bonds. The van der Waals surface area contributed by atoms with E-state index in [1.807, 2.05) is 26.0 Å². The zero-order chi connectivity index (χ0) is 12.3. The van der Waals surface area contributed by atoms with Crippen LogP contribution in [0.4, 0.5) is 5.69 Å². The van der Waals surface area contributed by atoms with Crippen LogP contribution in [0, 0.1) is 13.8 Å². The second-order valence-corrected chi connectivity index (χ2v) is 4.54. The molecule has 17 heavy (non-hydrogen) atoms. The third kappa shape index (κ3) is 2.93. The van der Waals surface area contributed by atoms with Crippen molar-refractivity contribution in [3.8, 4) is 5.75 Å². The zero-order valence-electron chi connectivity index (χ0n) is 10.4. The molecule has 0 saturated carbocycles. The summed E-state index contributed by atoms with van der Waals surface area (Å²) in [5.74, 6) is 0.352. The van der Waals surface area contributed by atoms with Crippen molar-refractivity contribution in [1.29, 1.82) is 0 Å². The Morgan fingerprint density at radius 1 is 1.35 bits per heavy atom. The van der Waals surface area contributed by atoms with Crippen molar-refractivity contribution in [2.75, 3.05) is 11.9 Å². The van der Waals surface area contributed by atoms with E-state index >= 15 is 0 Å². The molecule has 1 heterocycles. The molecule has 3 nitrogen and oxygen atoms in total. The van der Waals surface area contributed by atoms with Crippen LogP contribution in [-0.4, -0.2) is 17.8 Å². The largest absolute Gasteiger partial charge is 0.508 e. The lowest BCUT2D eigenvalue weighted by atomic mass is 10.1. The average molecular weight is 233 g/mol. The molecule has 2 N–H and O–H groups in total. The smallest absolute Gasteiger partial charge is 0.118 e. The summed E-state index contributed by atoms with van der Waals surface area (Å²) >= 11 is 0. The maximum Gasteiger partial charge on any atom is 0.118 e. The Labute approximate surface area is 102 Å². The van der Waals surface area contributed by atoms with Crippen LogP contribution in [0.3, 0.4) is 0 Å². The van der Waals surface area contributed by atoms with Crippen LogP contribution >= 0.6 is 0 Å². The minimum Gasteiger partial charge on any atom is -0.508 e. The van der Waals surface area contributed by atoms with E-state index in [9.17, 15) is 5.11 Å². The van der Waals surface area contributed by atoms with E-state index in [0.717, 1.165) is 36.2 Å². The molecule has 0 radical (unpaired) electrons. The summed E-state index contributed by atoms with van der Waals surface area (Å²) in [6, 6.07) is 3.77. The first-order chi connectivity index (χ1) is 8.16. The molecule has 2 rings (SSSR count). The van der Waals surface area contributed by atoms with Crippen molar-refractivity contribution < 1.29 is 9.84 Å². The number of aryl methyl sites for hydroxylation is 2. The summed E-state index contributed by atoms with van der Waals surface area (Å²) in [5.41, 5.74) is 3.01. The Morgan fingerprint density at radius 3 is 2.88 bits per heavy atom. The molecule has 0 aliphatic carbocycles. The summed E-state index contributed by atoms with van der Waals surface area (Å²) < 4.78 is 5.50. The molecule has 1 aromatic carbocycles. The van der Waals surface area contributed by atoms with E-state index in [0.29, 0.717) is 5.75 Å². The SMILES string of the molecule is Cc1cc(NCC2CCC=CO2)c(C)cc1O. The number of phenols is 1. The van der Waals surface area contributed by atoms with E-state index in [2.05, 4.69) is 5.32 Å². The van der Waals surface area contributed by atoms with Gasteiger partial charge >= 0.3 is 0 Å². The molecule has 1 aliphatic heterocycles. The average Bonchev–Trinajstić information content (AvgIpc) is 2.33. The number of hydrogen-bond acceptors (Lipinski definition) is 3. The number of benzene rings is 1. The van der Waals surface area contributed by atoms with Gasteiger partial charge in [0.2, 0.25) is 0 Å². The molecule has 1 aromatic rings. The molecule has 0 spiro atoms. The van der Waals surface area contributed by atoms with Gasteiger partial charge < -0.3 is 15.2 Å². The number of rotatable bonds is 3. The highest BCUT2D eigenvalue weighted by molar-refractivity contribution is 5.56. The Balaban J connectivity index is 1.98. The number of ether oxygens (including phenoxy) is 1. The molecule has 0 bridgehead atoms. The fourth-order valence-corrected chi connectivity index (χ4v) is 1.95. The van der Waals surface area contributed by atoms with E-state index in [1.165, 1.54) is 0 Å². The molecule has 1 atom stereocenters. The second kappa shape index (κ2) is 5.13. The number of nitrogens with one attached hydrogen (secondary N) is 1. The van der Waals surface area contributed by atoms with Gasteiger partial charge in [-0.25, -0.2) is 0 Å². The Morgan fingerprint density at radius 2 is 2.18 bits per heavy atom. The highest BCUT2D eigenvalue weighted by atomic mass is 16.5. The van der Waals surface area contributed by atoms with Crippen molar-refractivity contribution in [1.82, 2.24) is 0 Å². The van der Waals surface area contributed by atoms with Crippen LogP contribution in [-0.2, 0) is 4.74 Å². The van der Waals surface area contributed by atoms with Crippen LogP contribution in [0.1, 0.15) is 24.0 Å². The minimum atomic E-state index is 0.244. The Hall–Kier alpha value is -1.64. The highest BCUT2D eigenvalue weighted by Crippen LogP contribution is 2.25. The second-order valence-electron chi connectivity index (χ2n) is 4.54. The van der Waals surface area contributed by atoms with E-state index in [4.69, 9.17) is 4.74 Å². The molecule has 0 saturated heterocycles. The highest BCUT2D eigenvalue weighted by Gasteiger charge is 2.11. The summed E-state index contributed by atoms with van der Waals surface area (Å²) in [6.45, 7) is 4.69. The molecule has 92 valence electrons. The first-order valence-electron chi connectivity index (χ1n) is 6.01. The fraction of sp³-hybridized carbons (Fsp3) is 0.429. The van der Waals surface area contributed by atoms with Crippen LogP contribution in [0.15, 0.2) is 24.5 Å². The maximum absolute atomic E-state index is 9.58. The normalized spacial score (nSPS) is 18.8. The van der Waals surface area contributed by atoms with Gasteiger partial charge in [-0.2, -0.15) is 0 Å². The zero-order valence-corrected chi connectivity index (χ0v) is 10.4. The molecular formula is C14H19NO2. The first kappa shape index (κ1) is 11.8. The van der Waals surface area contributed by atoms with Gasteiger partial charge in [-0.3, -0.25) is 0 Å². The maximum atomic E-state index is 9.58.